The molecule has 5 heteroatoms. The van der Waals surface area contributed by atoms with Gasteiger partial charge in [-0.05, 0) is 42.0 Å². The van der Waals surface area contributed by atoms with E-state index < -0.39 is 0 Å². The van der Waals surface area contributed by atoms with Gasteiger partial charge < -0.3 is 10.1 Å². The Balaban J connectivity index is 1.94. The SMILES string of the molecule is Cc1cc(OCc2cccc(F)c2)ncc1C(=O)NCCC(C)(C)C. The number of aryl methyl sites for hydroxylation is 1. The first-order valence-electron chi connectivity index (χ1n) is 8.37. The van der Waals surface area contributed by atoms with Crippen molar-refractivity contribution in [2.45, 2.75) is 40.7 Å². The molecule has 134 valence electrons. The molecule has 0 radical (unpaired) electrons. The molecule has 25 heavy (non-hydrogen) atoms. The summed E-state index contributed by atoms with van der Waals surface area (Å²) >= 11 is 0. The second kappa shape index (κ2) is 8.10. The van der Waals surface area contributed by atoms with Crippen molar-refractivity contribution in [3.05, 3.63) is 59.0 Å². The molecule has 2 aromatic rings. The Morgan fingerprint density at radius 3 is 2.68 bits per heavy atom. The van der Waals surface area contributed by atoms with Crippen LogP contribution in [-0.4, -0.2) is 17.4 Å². The Labute approximate surface area is 148 Å². The lowest BCUT2D eigenvalue weighted by molar-refractivity contribution is 0.0948. The van der Waals surface area contributed by atoms with E-state index in [1.54, 1.807) is 18.2 Å². The van der Waals surface area contributed by atoms with Gasteiger partial charge in [0.05, 0.1) is 5.56 Å². The zero-order chi connectivity index (χ0) is 18.4. The number of rotatable bonds is 6. The first-order chi connectivity index (χ1) is 11.7. The van der Waals surface area contributed by atoms with E-state index in [2.05, 4.69) is 31.1 Å². The van der Waals surface area contributed by atoms with Crippen LogP contribution in [0.15, 0.2) is 36.5 Å². The van der Waals surface area contributed by atoms with Crippen LogP contribution in [0, 0.1) is 18.2 Å². The third-order valence-electron chi connectivity index (χ3n) is 3.77. The van der Waals surface area contributed by atoms with Gasteiger partial charge in [-0.25, -0.2) is 9.37 Å². The lowest BCUT2D eigenvalue weighted by Crippen LogP contribution is -2.28. The molecule has 0 bridgehead atoms. The summed E-state index contributed by atoms with van der Waals surface area (Å²) in [6, 6.07) is 7.95. The Hall–Kier alpha value is -2.43. The Kier molecular flexibility index (Phi) is 6.12. The molecule has 0 aliphatic heterocycles. The van der Waals surface area contributed by atoms with Crippen molar-refractivity contribution in [1.82, 2.24) is 10.3 Å². The standard InChI is InChI=1S/C20H25FN2O2/c1-14-10-18(25-13-15-6-5-7-16(21)11-15)23-12-17(14)19(24)22-9-8-20(2,3)4/h5-7,10-12H,8-9,13H2,1-4H3,(H,22,24). The zero-order valence-corrected chi connectivity index (χ0v) is 15.2. The number of amides is 1. The van der Waals surface area contributed by atoms with E-state index in [-0.39, 0.29) is 23.7 Å². The largest absolute Gasteiger partial charge is 0.473 e. The summed E-state index contributed by atoms with van der Waals surface area (Å²) in [5, 5.41) is 2.92. The monoisotopic (exact) mass is 344 g/mol. The number of aromatic nitrogens is 1. The first-order valence-corrected chi connectivity index (χ1v) is 8.37. The molecule has 0 aliphatic carbocycles. The van der Waals surface area contributed by atoms with Crippen LogP contribution in [0.3, 0.4) is 0 Å². The second-order valence-electron chi connectivity index (χ2n) is 7.32. The van der Waals surface area contributed by atoms with Crippen LogP contribution in [0.2, 0.25) is 0 Å². The van der Waals surface area contributed by atoms with Crippen LogP contribution in [-0.2, 0) is 6.61 Å². The molecule has 0 fully saturated rings. The van der Waals surface area contributed by atoms with E-state index in [4.69, 9.17) is 4.74 Å². The molecule has 0 spiro atoms. The minimum atomic E-state index is -0.299. The van der Waals surface area contributed by atoms with Crippen molar-refractivity contribution >= 4 is 5.91 Å². The molecule has 1 aromatic carbocycles. The number of pyridine rings is 1. The van der Waals surface area contributed by atoms with Crippen LogP contribution in [0.1, 0.15) is 48.7 Å². The number of nitrogens with zero attached hydrogens (tertiary/aromatic N) is 1. The summed E-state index contributed by atoms with van der Waals surface area (Å²) in [6.45, 7) is 9.10. The van der Waals surface area contributed by atoms with E-state index >= 15 is 0 Å². The van der Waals surface area contributed by atoms with Crippen molar-refractivity contribution in [1.29, 1.82) is 0 Å². The molecule has 0 aliphatic rings. The van der Waals surface area contributed by atoms with Gasteiger partial charge in [-0.15, -0.1) is 0 Å². The Morgan fingerprint density at radius 2 is 2.04 bits per heavy atom. The van der Waals surface area contributed by atoms with Crippen molar-refractivity contribution in [3.8, 4) is 5.88 Å². The predicted octanol–water partition coefficient (Wildman–Crippen LogP) is 4.27. The molecule has 1 N–H and O–H groups in total. The quantitative estimate of drug-likeness (QED) is 0.851. The summed E-state index contributed by atoms with van der Waals surface area (Å²) < 4.78 is 18.7. The van der Waals surface area contributed by atoms with E-state index in [1.807, 2.05) is 6.92 Å². The molecule has 1 heterocycles. The molecule has 4 nitrogen and oxygen atoms in total. The number of carbonyl (C=O) groups excluding carboxylic acids is 1. The van der Waals surface area contributed by atoms with Gasteiger partial charge in [-0.3, -0.25) is 4.79 Å². The fraction of sp³-hybridized carbons (Fsp3) is 0.400. The average molecular weight is 344 g/mol. The lowest BCUT2D eigenvalue weighted by atomic mass is 9.92. The summed E-state index contributed by atoms with van der Waals surface area (Å²) in [6.07, 6.45) is 2.42. The zero-order valence-electron chi connectivity index (χ0n) is 15.2. The van der Waals surface area contributed by atoms with Crippen LogP contribution < -0.4 is 10.1 Å². The molecule has 0 atom stereocenters. The molecule has 1 amide bonds. The van der Waals surface area contributed by atoms with E-state index in [0.29, 0.717) is 18.0 Å². The summed E-state index contributed by atoms with van der Waals surface area (Å²) in [5.74, 6) is -0.0218. The van der Waals surface area contributed by atoms with Gasteiger partial charge in [0.25, 0.3) is 5.91 Å². The average Bonchev–Trinajstić information content (AvgIpc) is 2.51. The maximum absolute atomic E-state index is 13.2. The smallest absolute Gasteiger partial charge is 0.253 e. The molecule has 0 unspecified atom stereocenters. The number of hydrogen-bond acceptors (Lipinski definition) is 3. The highest BCUT2D eigenvalue weighted by molar-refractivity contribution is 5.95. The van der Waals surface area contributed by atoms with Crippen molar-refractivity contribution in [3.63, 3.8) is 0 Å². The van der Waals surface area contributed by atoms with Crippen LogP contribution in [0.5, 0.6) is 5.88 Å². The highest BCUT2D eigenvalue weighted by atomic mass is 19.1. The van der Waals surface area contributed by atoms with Gasteiger partial charge in [0.15, 0.2) is 0 Å². The fourth-order valence-corrected chi connectivity index (χ4v) is 2.28. The molecular weight excluding hydrogens is 319 g/mol. The molecule has 0 saturated heterocycles. The first kappa shape index (κ1) is 18.9. The highest BCUT2D eigenvalue weighted by Crippen LogP contribution is 2.18. The van der Waals surface area contributed by atoms with Crippen LogP contribution in [0.4, 0.5) is 4.39 Å². The number of hydrogen-bond donors (Lipinski definition) is 1. The van der Waals surface area contributed by atoms with E-state index in [0.717, 1.165) is 17.5 Å². The molecule has 2 rings (SSSR count). The van der Waals surface area contributed by atoms with Crippen molar-refractivity contribution in [2.24, 2.45) is 5.41 Å². The normalized spacial score (nSPS) is 11.2. The van der Waals surface area contributed by atoms with Gasteiger partial charge in [0, 0.05) is 18.8 Å². The predicted molar refractivity (Wildman–Crippen MR) is 96.1 cm³/mol. The van der Waals surface area contributed by atoms with Gasteiger partial charge in [-0.1, -0.05) is 32.9 Å². The molecule has 1 aromatic heterocycles. The Morgan fingerprint density at radius 1 is 1.28 bits per heavy atom. The third-order valence-corrected chi connectivity index (χ3v) is 3.77. The van der Waals surface area contributed by atoms with E-state index in [1.165, 1.54) is 18.3 Å². The van der Waals surface area contributed by atoms with Gasteiger partial charge in [-0.2, -0.15) is 0 Å². The van der Waals surface area contributed by atoms with Crippen molar-refractivity contribution < 1.29 is 13.9 Å². The fourth-order valence-electron chi connectivity index (χ4n) is 2.28. The summed E-state index contributed by atoms with van der Waals surface area (Å²) in [5.41, 5.74) is 2.22. The van der Waals surface area contributed by atoms with Gasteiger partial charge in [0.2, 0.25) is 5.88 Å². The number of halogens is 1. The molecular formula is C20H25FN2O2. The highest BCUT2D eigenvalue weighted by Gasteiger charge is 2.13. The number of ether oxygens (including phenoxy) is 1. The van der Waals surface area contributed by atoms with Crippen LogP contribution >= 0.6 is 0 Å². The van der Waals surface area contributed by atoms with Gasteiger partial charge >= 0.3 is 0 Å². The molecule has 0 saturated carbocycles. The minimum absolute atomic E-state index is 0.133. The van der Waals surface area contributed by atoms with Gasteiger partial charge in [0.1, 0.15) is 12.4 Å². The second-order valence-corrected chi connectivity index (χ2v) is 7.32. The Bertz CT molecular complexity index is 739. The maximum atomic E-state index is 13.2. The van der Waals surface area contributed by atoms with E-state index in [9.17, 15) is 9.18 Å². The number of carbonyl (C=O) groups is 1. The maximum Gasteiger partial charge on any atom is 0.253 e. The van der Waals surface area contributed by atoms with Crippen LogP contribution in [0.25, 0.3) is 0 Å². The third kappa shape index (κ3) is 6.18. The number of benzene rings is 1. The topological polar surface area (TPSA) is 51.2 Å². The lowest BCUT2D eigenvalue weighted by Gasteiger charge is -2.18. The van der Waals surface area contributed by atoms with Crippen molar-refractivity contribution in [2.75, 3.05) is 6.54 Å². The number of nitrogens with one attached hydrogen (secondary N) is 1. The summed E-state index contributed by atoms with van der Waals surface area (Å²) in [7, 11) is 0. The minimum Gasteiger partial charge on any atom is -0.473 e. The summed E-state index contributed by atoms with van der Waals surface area (Å²) in [4.78, 5) is 16.4.